The molecule has 0 saturated carbocycles. The fraction of sp³-hybridized carbons (Fsp3) is 0.406. The summed E-state index contributed by atoms with van der Waals surface area (Å²) in [6, 6.07) is 25.7. The third kappa shape index (κ3) is 12.0. The third-order valence-electron chi connectivity index (χ3n) is 5.81. The van der Waals surface area contributed by atoms with E-state index in [0.717, 1.165) is 0 Å². The summed E-state index contributed by atoms with van der Waals surface area (Å²) < 4.78 is 0. The molecule has 0 atom stereocenters. The summed E-state index contributed by atoms with van der Waals surface area (Å²) in [5.41, 5.74) is 2.70. The number of rotatable bonds is 8. The topological polar surface area (TPSA) is 0 Å². The van der Waals surface area contributed by atoms with Gasteiger partial charge in [-0.15, -0.1) is 81.2 Å². The van der Waals surface area contributed by atoms with Crippen molar-refractivity contribution in [3.63, 3.8) is 0 Å². The first-order valence-electron chi connectivity index (χ1n) is 12.5. The zero-order valence-electron chi connectivity index (χ0n) is 21.6. The number of fused-ring (bicyclic) bond motifs is 2. The molecule has 0 bridgehead atoms. The molecule has 4 aromatic rings. The summed E-state index contributed by atoms with van der Waals surface area (Å²) in [6.07, 6.45) is 11.3. The van der Waals surface area contributed by atoms with Crippen LogP contribution in [0.25, 0.3) is 21.5 Å². The minimum atomic E-state index is 0. The van der Waals surface area contributed by atoms with E-state index in [4.69, 9.17) is 0 Å². The van der Waals surface area contributed by atoms with E-state index in [1.165, 1.54) is 84.0 Å². The second-order valence-corrected chi connectivity index (χ2v) is 9.40. The number of benzene rings is 2. The molecule has 4 aromatic carbocycles. The molecule has 0 N–H and O–H groups in total. The molecule has 33 heavy (non-hydrogen) atoms. The summed E-state index contributed by atoms with van der Waals surface area (Å²) in [4.78, 5) is 0. The maximum absolute atomic E-state index is 2.27. The van der Waals surface area contributed by atoms with Gasteiger partial charge in [-0.05, 0) is 0 Å². The van der Waals surface area contributed by atoms with E-state index >= 15 is 0 Å². The van der Waals surface area contributed by atoms with Crippen LogP contribution in [0.4, 0.5) is 0 Å². The Kier molecular flexibility index (Phi) is 15.3. The van der Waals surface area contributed by atoms with Crippen LogP contribution >= 0.6 is 0 Å². The van der Waals surface area contributed by atoms with Crippen molar-refractivity contribution in [1.29, 1.82) is 0 Å². The molecule has 175 valence electrons. The predicted octanol–water partition coefficient (Wildman–Crippen LogP) is 10.5. The number of unbranched alkanes of at least 4 members (excludes halogenated alkanes) is 6. The molecular formula is C32H43Zr. The molecule has 0 aliphatic heterocycles. The second kappa shape index (κ2) is 17.0. The van der Waals surface area contributed by atoms with E-state index in [2.05, 4.69) is 107 Å². The van der Waals surface area contributed by atoms with Crippen LogP contribution in [0, 0.1) is 19.8 Å². The molecule has 0 aliphatic carbocycles. The molecule has 0 aliphatic rings. The van der Waals surface area contributed by atoms with Crippen LogP contribution in [0.15, 0.2) is 72.8 Å². The normalized spacial score (nSPS) is 10.4. The van der Waals surface area contributed by atoms with Gasteiger partial charge in [0.1, 0.15) is 0 Å². The Balaban J connectivity index is 0.000000244. The van der Waals surface area contributed by atoms with Gasteiger partial charge in [0.05, 0.1) is 0 Å². The average molecular weight is 519 g/mol. The summed E-state index contributed by atoms with van der Waals surface area (Å²) in [7, 11) is 0. The molecular weight excluding hydrogens is 476 g/mol. The standard InChI is InChI=1S/C12H25.2C10H9.Zr/c1-4-5-6-7-8-9-10-11-12(2)3;2*1-8-6-9-4-2-3-5-10(9)7-8;/h4-11H2,1-3H3;2*2-7H,1H3;/q3*-1;+3. The maximum Gasteiger partial charge on any atom is 3.00 e. The Labute approximate surface area is 222 Å². The Morgan fingerprint density at radius 1 is 0.636 bits per heavy atom. The molecule has 0 fully saturated rings. The fourth-order valence-corrected chi connectivity index (χ4v) is 4.05. The largest absolute Gasteiger partial charge is 3.00 e. The summed E-state index contributed by atoms with van der Waals surface area (Å²) >= 11 is 0. The molecule has 0 heterocycles. The van der Waals surface area contributed by atoms with Crippen LogP contribution in [0.1, 0.15) is 83.3 Å². The summed E-state index contributed by atoms with van der Waals surface area (Å²) in [5, 5.41) is 5.39. The van der Waals surface area contributed by atoms with Crippen LogP contribution in [-0.4, -0.2) is 0 Å². The summed E-state index contributed by atoms with van der Waals surface area (Å²) in [5.74, 6) is 1.59. The molecule has 1 heteroatoms. The number of aryl methyl sites for hydroxylation is 2. The minimum absolute atomic E-state index is 0. The van der Waals surface area contributed by atoms with Gasteiger partial charge in [0.15, 0.2) is 0 Å². The first-order chi connectivity index (χ1) is 15.5. The maximum atomic E-state index is 2.27. The van der Waals surface area contributed by atoms with Crippen molar-refractivity contribution in [2.75, 3.05) is 0 Å². The second-order valence-electron chi connectivity index (χ2n) is 9.40. The molecule has 0 spiro atoms. The zero-order chi connectivity index (χ0) is 23.2. The zero-order valence-corrected chi connectivity index (χ0v) is 24.0. The predicted molar refractivity (Wildman–Crippen MR) is 146 cm³/mol. The number of hydrogen-bond donors (Lipinski definition) is 0. The van der Waals surface area contributed by atoms with Crippen molar-refractivity contribution in [3.05, 3.63) is 89.8 Å². The summed E-state index contributed by atoms with van der Waals surface area (Å²) in [6.45, 7) is 11.0. The molecule has 0 amide bonds. The van der Waals surface area contributed by atoms with Crippen LogP contribution < -0.4 is 0 Å². The van der Waals surface area contributed by atoms with Gasteiger partial charge < -0.3 is 5.92 Å². The van der Waals surface area contributed by atoms with Gasteiger partial charge in [0, 0.05) is 0 Å². The van der Waals surface area contributed by atoms with Gasteiger partial charge in [-0.2, -0.15) is 32.4 Å². The monoisotopic (exact) mass is 517 g/mol. The van der Waals surface area contributed by atoms with Crippen molar-refractivity contribution >= 4 is 21.5 Å². The van der Waals surface area contributed by atoms with Gasteiger partial charge in [0.25, 0.3) is 0 Å². The first-order valence-corrected chi connectivity index (χ1v) is 12.5. The van der Waals surface area contributed by atoms with Gasteiger partial charge >= 0.3 is 26.2 Å². The smallest absolute Gasteiger partial charge is 0.320 e. The molecule has 4 rings (SSSR count). The van der Waals surface area contributed by atoms with Crippen LogP contribution in [0.3, 0.4) is 0 Å². The minimum Gasteiger partial charge on any atom is -0.320 e. The Hall–Kier alpha value is -1.46. The van der Waals surface area contributed by atoms with Gasteiger partial charge in [-0.3, -0.25) is 0 Å². The van der Waals surface area contributed by atoms with Crippen LogP contribution in [0.5, 0.6) is 0 Å². The van der Waals surface area contributed by atoms with E-state index in [-0.39, 0.29) is 26.2 Å². The molecule has 0 nitrogen and oxygen atoms in total. The molecule has 0 unspecified atom stereocenters. The Bertz CT molecular complexity index is 863. The van der Waals surface area contributed by atoms with Crippen molar-refractivity contribution < 1.29 is 26.2 Å². The molecule has 0 aromatic heterocycles. The van der Waals surface area contributed by atoms with Gasteiger partial charge in [0.2, 0.25) is 0 Å². The first kappa shape index (κ1) is 29.6. The quantitative estimate of drug-likeness (QED) is 0.161. The van der Waals surface area contributed by atoms with Crippen molar-refractivity contribution in [2.24, 2.45) is 0 Å². The van der Waals surface area contributed by atoms with E-state index in [1.807, 2.05) is 0 Å². The van der Waals surface area contributed by atoms with Crippen molar-refractivity contribution in [3.8, 4) is 0 Å². The average Bonchev–Trinajstić information content (AvgIpc) is 3.34. The third-order valence-corrected chi connectivity index (χ3v) is 5.81. The van der Waals surface area contributed by atoms with E-state index in [9.17, 15) is 0 Å². The van der Waals surface area contributed by atoms with E-state index in [1.54, 1.807) is 5.92 Å². The van der Waals surface area contributed by atoms with Crippen LogP contribution in [0.2, 0.25) is 0 Å². The molecule has 0 saturated heterocycles. The van der Waals surface area contributed by atoms with Crippen molar-refractivity contribution in [1.82, 2.24) is 0 Å². The number of hydrogen-bond acceptors (Lipinski definition) is 0. The van der Waals surface area contributed by atoms with E-state index < -0.39 is 0 Å². The Morgan fingerprint density at radius 2 is 1.06 bits per heavy atom. The van der Waals surface area contributed by atoms with Gasteiger partial charge in [-0.25, -0.2) is 0 Å². The molecule has 1 radical (unpaired) electrons. The SMILES string of the molecule is CCCCCCCCC[C-](C)C.Cc1cc2ccccc2[cH-]1.Cc1cc2ccccc2[cH-]1.[Zr+3]. The van der Waals surface area contributed by atoms with E-state index in [0.29, 0.717) is 0 Å². The fourth-order valence-electron chi connectivity index (χ4n) is 4.05. The Morgan fingerprint density at radius 3 is 1.48 bits per heavy atom. The van der Waals surface area contributed by atoms with Crippen LogP contribution in [-0.2, 0) is 26.2 Å². The van der Waals surface area contributed by atoms with Crippen molar-refractivity contribution in [2.45, 2.75) is 86.0 Å². The van der Waals surface area contributed by atoms with Gasteiger partial charge in [-0.1, -0.05) is 77.8 Å².